The zero-order chi connectivity index (χ0) is 62.4. The Bertz CT molecular complexity index is 2650. The SMILES string of the molecule is c1n[nH]c(CCCN[Si]23O[Si]4(NCCCc5ncn[nH]5)O[Si]5(NCCCc6ncn[nH]6)O[Si](NCCCc6ncn[nH]6)(O2)O[Si]2(NCCCc6ncn[nH]6)O[Si](NCCCc6ncn[nH]6)(O3)O[Si](NCCCc3ncn[nH]3)(O4)O[Si](NCCCc3ncn[nH]3)(O5)O2)n1. The van der Waals surface area contributed by atoms with Gasteiger partial charge in [-0.3, -0.25) is 80.6 Å². The van der Waals surface area contributed by atoms with Gasteiger partial charge in [-0.2, -0.15) is 40.8 Å². The molecular weight excluding hydrogens is 1350 g/mol. The molecule has 14 rings (SSSR count). The lowest BCUT2D eigenvalue weighted by Gasteiger charge is -2.61. The fourth-order valence-corrected chi connectivity index (χ4v) is 51.1. The number of rotatable bonds is 40. The van der Waals surface area contributed by atoms with Gasteiger partial charge in [-0.15, -0.1) is 0 Å². The van der Waals surface area contributed by atoms with Gasteiger partial charge in [0.2, 0.25) is 0 Å². The zero-order valence-corrected chi connectivity index (χ0v) is 57.6. The summed E-state index contributed by atoms with van der Waals surface area (Å²) in [5.74, 6) is 5.20. The molecule has 0 spiro atoms. The minimum Gasteiger partial charge on any atom is -0.348 e. The first-order valence-electron chi connectivity index (χ1n) is 30.3. The molecule has 8 aromatic heterocycles. The normalized spacial score (nSPS) is 28.3. The number of aromatic amines is 8. The molecule has 0 aliphatic carbocycles. The van der Waals surface area contributed by atoms with Crippen molar-refractivity contribution < 1.29 is 49.4 Å². The summed E-state index contributed by atoms with van der Waals surface area (Å²) in [5.41, 5.74) is 0. The second-order valence-electron chi connectivity index (χ2n) is 21.4. The number of nitrogens with one attached hydrogen (secondary N) is 16. The van der Waals surface area contributed by atoms with Crippen LogP contribution in [0.5, 0.6) is 0 Å². The summed E-state index contributed by atoms with van der Waals surface area (Å²) in [7, 11) is -39.4. The van der Waals surface area contributed by atoms with Gasteiger partial charge >= 0.3 is 71.7 Å². The van der Waals surface area contributed by atoms with Crippen molar-refractivity contribution in [3.8, 4) is 0 Å². The van der Waals surface area contributed by atoms with Crippen molar-refractivity contribution in [1.29, 1.82) is 0 Å². The van der Waals surface area contributed by atoms with Gasteiger partial charge in [-0.05, 0) is 104 Å². The Hall–Kier alpha value is -5.94. The molecule has 0 amide bonds. The van der Waals surface area contributed by atoms with Gasteiger partial charge in [0.25, 0.3) is 0 Å². The van der Waals surface area contributed by atoms with E-state index in [1.807, 2.05) is 0 Å². The summed E-state index contributed by atoms with van der Waals surface area (Å²) < 4.78 is 93.9. The summed E-state index contributed by atoms with van der Waals surface area (Å²) in [6.45, 7) is 1.44. The first-order valence-corrected chi connectivity index (χ1v) is 44.1. The second kappa shape index (κ2) is 29.8. The van der Waals surface area contributed by atoms with E-state index in [9.17, 15) is 0 Å². The fourth-order valence-electron chi connectivity index (χ4n) is 10.3. The van der Waals surface area contributed by atoms with Crippen molar-refractivity contribution in [3.63, 3.8) is 0 Å². The van der Waals surface area contributed by atoms with Gasteiger partial charge < -0.3 is 49.4 Å². The first-order chi connectivity index (χ1) is 45.1. The number of H-pyrrole nitrogens is 8. The predicted octanol–water partition coefficient (Wildman–Crippen LogP) is -5.54. The average molecular weight is 1420 g/mol. The standard InChI is InChI=1S/C40H72N32O12Si8/c1(9-33-41-25-49-65-33)17-57-85-73-86(58-18-2-10-34-42-26-50-66-34)76-89(61-21-5-13-37-45-29-53-69-37)78-87(74-85,59-19-3-11-35-43-27-51-67-35)80-91(63-23-7-15-39-47-31-55-71-39)81-88(75-85,60-20-4-12-36-44-28-52-68-36)79-90(77-86,62-22-6-14-38-46-30-54-70-38)83-92(82-89,84-91)64-24-8-16-40-48-32-56-72-40/h25-32,57-64H,1-24H2,(H,41,49,65)(H,42,50,66)(H,43,51,67)(H,44,52,68)(H,45,53,69)(H,46,54,70)(H,47,55,71)(H,48,56,72). The van der Waals surface area contributed by atoms with Crippen LogP contribution in [0.1, 0.15) is 98.0 Å². The molecule has 44 nitrogen and oxygen atoms in total. The van der Waals surface area contributed by atoms with E-state index in [-0.39, 0.29) is 52.4 Å². The molecule has 0 atom stereocenters. The molecule has 8 bridgehead atoms. The largest absolute Gasteiger partial charge is 0.577 e. The summed E-state index contributed by atoms with van der Waals surface area (Å²) in [6, 6.07) is 0. The molecule has 92 heavy (non-hydrogen) atoms. The number of hydrogen-bond acceptors (Lipinski definition) is 36. The van der Waals surface area contributed by atoms with E-state index in [4.69, 9.17) is 49.4 Å². The molecule has 0 radical (unpaired) electrons. The van der Waals surface area contributed by atoms with Crippen LogP contribution in [-0.2, 0) is 101 Å². The Balaban J connectivity index is 0.977. The van der Waals surface area contributed by atoms with Gasteiger partial charge in [0.1, 0.15) is 97.2 Å². The maximum Gasteiger partial charge on any atom is 0.577 e. The first kappa shape index (κ1) is 64.7. The van der Waals surface area contributed by atoms with Crippen molar-refractivity contribution in [2.45, 2.75) is 103 Å². The average Bonchev–Trinajstić information content (AvgIpc) is 0.920. The lowest BCUT2D eigenvalue weighted by atomic mass is 10.3. The second-order valence-corrected chi connectivity index (χ2v) is 42.9. The van der Waals surface area contributed by atoms with E-state index < -0.39 is 71.7 Å². The van der Waals surface area contributed by atoms with Gasteiger partial charge in [0.15, 0.2) is 0 Å². The molecule has 496 valence electrons. The minimum absolute atomic E-state index is 0.180. The molecule has 0 unspecified atom stereocenters. The molecule has 0 aromatic carbocycles. The molecule has 8 aromatic rings. The van der Waals surface area contributed by atoms with Gasteiger partial charge in [-0.25, -0.2) is 39.9 Å². The van der Waals surface area contributed by atoms with Crippen molar-refractivity contribution in [1.82, 2.24) is 161 Å². The van der Waals surface area contributed by atoms with E-state index >= 15 is 0 Å². The highest BCUT2D eigenvalue weighted by molar-refractivity contribution is 7.01. The number of nitrogens with zero attached hydrogens (tertiary/aromatic N) is 16. The van der Waals surface area contributed by atoms with Crippen LogP contribution in [-0.4, -0.2) is 246 Å². The highest BCUT2D eigenvalue weighted by Crippen LogP contribution is 2.45. The Morgan fingerprint density at radius 3 is 0.424 bits per heavy atom. The van der Waals surface area contributed by atoms with Crippen LogP contribution in [0.2, 0.25) is 0 Å². The van der Waals surface area contributed by atoms with Crippen LogP contribution in [0.25, 0.3) is 0 Å². The van der Waals surface area contributed by atoms with E-state index in [0.29, 0.717) is 149 Å². The predicted molar refractivity (Wildman–Crippen MR) is 321 cm³/mol. The maximum atomic E-state index is 7.83. The molecule has 6 fully saturated rings. The van der Waals surface area contributed by atoms with E-state index in [1.165, 1.54) is 50.6 Å². The summed E-state index contributed by atoms with van der Waals surface area (Å²) in [6.07, 6.45) is 19.0. The molecule has 16 N–H and O–H groups in total. The third-order valence-corrected chi connectivity index (χ3v) is 45.7. The van der Waals surface area contributed by atoms with E-state index in [2.05, 4.69) is 161 Å². The molecule has 6 aliphatic heterocycles. The molecular formula is C40H72N32O12Si8. The van der Waals surface area contributed by atoms with Crippen LogP contribution < -0.4 is 39.9 Å². The highest BCUT2D eigenvalue weighted by atomic mass is 28.6. The lowest BCUT2D eigenvalue weighted by molar-refractivity contribution is -0.0503. The molecule has 0 saturated carbocycles. The van der Waals surface area contributed by atoms with Crippen molar-refractivity contribution in [3.05, 3.63) is 97.2 Å². The lowest BCUT2D eigenvalue weighted by Crippen LogP contribution is -2.98. The summed E-state index contributed by atoms with van der Waals surface area (Å²) in [5, 5.41) is 56.4. The number of hydrogen-bond donors (Lipinski definition) is 16. The molecule has 52 heteroatoms. The Morgan fingerprint density at radius 2 is 0.326 bits per heavy atom. The quantitative estimate of drug-likeness (QED) is 0.0126. The van der Waals surface area contributed by atoms with Crippen LogP contribution in [0.4, 0.5) is 0 Å². The molecule has 6 saturated heterocycles. The zero-order valence-electron chi connectivity index (χ0n) is 49.6. The van der Waals surface area contributed by atoms with Crippen LogP contribution in [0, 0.1) is 0 Å². The molecule has 6 aliphatic rings. The third kappa shape index (κ3) is 16.7. The molecule has 14 heterocycles. The van der Waals surface area contributed by atoms with Crippen molar-refractivity contribution >= 4 is 71.7 Å². The van der Waals surface area contributed by atoms with Gasteiger partial charge in [0.05, 0.1) is 0 Å². The highest BCUT2D eigenvalue weighted by Gasteiger charge is 2.86. The Labute approximate surface area is 532 Å². The maximum absolute atomic E-state index is 7.83. The number of aryl methyl sites for hydroxylation is 8. The summed E-state index contributed by atoms with van der Waals surface area (Å²) in [4.78, 5) is 64.3. The third-order valence-electron chi connectivity index (χ3n) is 14.4. The van der Waals surface area contributed by atoms with Crippen molar-refractivity contribution in [2.24, 2.45) is 0 Å². The minimum atomic E-state index is -4.92. The van der Waals surface area contributed by atoms with Gasteiger partial charge in [-0.1, -0.05) is 0 Å². The van der Waals surface area contributed by atoms with E-state index in [1.54, 1.807) is 0 Å². The Morgan fingerprint density at radius 1 is 0.207 bits per heavy atom. The Kier molecular flexibility index (Phi) is 21.0. The van der Waals surface area contributed by atoms with E-state index in [0.717, 1.165) is 0 Å². The van der Waals surface area contributed by atoms with Crippen molar-refractivity contribution in [2.75, 3.05) is 52.4 Å². The van der Waals surface area contributed by atoms with Gasteiger partial charge in [0, 0.05) is 51.4 Å². The topological polar surface area (TPSA) is 540 Å². The van der Waals surface area contributed by atoms with Crippen LogP contribution in [0.3, 0.4) is 0 Å². The van der Waals surface area contributed by atoms with Crippen LogP contribution >= 0.6 is 0 Å². The summed E-state index contributed by atoms with van der Waals surface area (Å²) >= 11 is 0. The number of aromatic nitrogens is 24. The smallest absolute Gasteiger partial charge is 0.348 e. The van der Waals surface area contributed by atoms with Crippen LogP contribution in [0.15, 0.2) is 50.6 Å². The monoisotopic (exact) mass is 1420 g/mol. The fraction of sp³-hybridized carbons (Fsp3) is 0.600.